The Balaban J connectivity index is 2.34. The van der Waals surface area contributed by atoms with E-state index in [1.165, 1.54) is 11.3 Å². The van der Waals surface area contributed by atoms with Crippen LogP contribution >= 0.6 is 15.9 Å². The van der Waals surface area contributed by atoms with Crippen LogP contribution in [0.4, 0.5) is 5.69 Å². The molecule has 0 saturated heterocycles. The second-order valence-corrected chi connectivity index (χ2v) is 4.24. The molecule has 1 aromatic rings. The van der Waals surface area contributed by atoms with Crippen molar-refractivity contribution in [3.63, 3.8) is 0 Å². The molecule has 0 aliphatic heterocycles. The molecule has 2 nitrogen and oxygen atoms in total. The molecule has 0 aliphatic rings. The molecule has 0 atom stereocenters. The maximum Gasteiger partial charge on any atom is 0.0482 e. The summed E-state index contributed by atoms with van der Waals surface area (Å²) in [7, 11) is 0. The number of hydrogen-bond donors (Lipinski definition) is 1. The van der Waals surface area contributed by atoms with Crippen LogP contribution < -0.4 is 5.32 Å². The molecule has 0 radical (unpaired) electrons. The minimum absolute atomic E-state index is 0.802. The lowest BCUT2D eigenvalue weighted by atomic mass is 10.2. The Morgan fingerprint density at radius 1 is 1.40 bits per heavy atom. The first-order valence-electron chi connectivity index (χ1n) is 5.32. The smallest absolute Gasteiger partial charge is 0.0482 e. The molecule has 15 heavy (non-hydrogen) atoms. The monoisotopic (exact) mass is 271 g/mol. The highest BCUT2D eigenvalue weighted by molar-refractivity contribution is 9.10. The topological polar surface area (TPSA) is 21.3 Å². The van der Waals surface area contributed by atoms with Crippen LogP contribution in [0.15, 0.2) is 22.7 Å². The Morgan fingerprint density at radius 2 is 2.20 bits per heavy atom. The largest absolute Gasteiger partial charge is 0.385 e. The Morgan fingerprint density at radius 3 is 2.93 bits per heavy atom. The minimum atomic E-state index is 0.802. The normalized spacial score (nSPS) is 10.3. The molecule has 0 bridgehead atoms. The van der Waals surface area contributed by atoms with Crippen LogP contribution in [0.3, 0.4) is 0 Å². The van der Waals surface area contributed by atoms with E-state index in [0.29, 0.717) is 0 Å². The van der Waals surface area contributed by atoms with E-state index in [1.807, 2.05) is 13.0 Å². The van der Waals surface area contributed by atoms with Crippen LogP contribution in [0.1, 0.15) is 18.9 Å². The SMILES string of the molecule is CCOCCCNc1cccc(Br)c1C. The summed E-state index contributed by atoms with van der Waals surface area (Å²) in [5.41, 5.74) is 2.45. The third kappa shape index (κ3) is 4.22. The Bertz CT molecular complexity index is 302. The number of nitrogens with one attached hydrogen (secondary N) is 1. The number of ether oxygens (including phenoxy) is 1. The molecule has 3 heteroatoms. The maximum atomic E-state index is 5.28. The van der Waals surface area contributed by atoms with Crippen molar-refractivity contribution in [3.05, 3.63) is 28.2 Å². The van der Waals surface area contributed by atoms with E-state index in [2.05, 4.69) is 40.3 Å². The van der Waals surface area contributed by atoms with Gasteiger partial charge in [0.15, 0.2) is 0 Å². The first-order chi connectivity index (χ1) is 7.25. The summed E-state index contributed by atoms with van der Waals surface area (Å²) >= 11 is 3.52. The van der Waals surface area contributed by atoms with E-state index < -0.39 is 0 Å². The molecule has 1 aromatic carbocycles. The molecule has 0 fully saturated rings. The molecule has 1 N–H and O–H groups in total. The molecule has 0 spiro atoms. The van der Waals surface area contributed by atoms with E-state index in [0.717, 1.165) is 30.7 Å². The molecule has 0 heterocycles. The van der Waals surface area contributed by atoms with E-state index in [-0.39, 0.29) is 0 Å². The standard InChI is InChI=1S/C12H18BrNO/c1-3-15-9-5-8-14-12-7-4-6-11(13)10(12)2/h4,6-7,14H,3,5,8-9H2,1-2H3. The van der Waals surface area contributed by atoms with Crippen LogP contribution in [-0.2, 0) is 4.74 Å². The van der Waals surface area contributed by atoms with Gasteiger partial charge >= 0.3 is 0 Å². The fourth-order valence-electron chi connectivity index (χ4n) is 1.34. The summed E-state index contributed by atoms with van der Waals surface area (Å²) in [4.78, 5) is 0. The predicted molar refractivity (Wildman–Crippen MR) is 68.5 cm³/mol. The number of rotatable bonds is 6. The van der Waals surface area contributed by atoms with Gasteiger partial charge in [0, 0.05) is 29.9 Å². The van der Waals surface area contributed by atoms with Crippen molar-refractivity contribution in [2.45, 2.75) is 20.3 Å². The first kappa shape index (κ1) is 12.5. The van der Waals surface area contributed by atoms with Crippen molar-refractivity contribution in [2.75, 3.05) is 25.1 Å². The number of hydrogen-bond acceptors (Lipinski definition) is 2. The van der Waals surface area contributed by atoms with Gasteiger partial charge in [-0.3, -0.25) is 0 Å². The zero-order valence-electron chi connectivity index (χ0n) is 9.35. The van der Waals surface area contributed by atoms with Gasteiger partial charge in [0.2, 0.25) is 0 Å². The number of benzene rings is 1. The number of halogens is 1. The lowest BCUT2D eigenvalue weighted by Gasteiger charge is -2.10. The van der Waals surface area contributed by atoms with Crippen molar-refractivity contribution in [2.24, 2.45) is 0 Å². The van der Waals surface area contributed by atoms with Crippen LogP contribution in [0, 0.1) is 6.92 Å². The Kier molecular flexibility index (Phi) is 5.73. The second-order valence-electron chi connectivity index (χ2n) is 3.39. The molecular formula is C12H18BrNO. The summed E-state index contributed by atoms with van der Waals surface area (Å²) in [6.45, 7) is 6.71. The highest BCUT2D eigenvalue weighted by Gasteiger charge is 1.99. The van der Waals surface area contributed by atoms with E-state index in [4.69, 9.17) is 4.74 Å². The van der Waals surface area contributed by atoms with Gasteiger partial charge in [0.1, 0.15) is 0 Å². The summed E-state index contributed by atoms with van der Waals surface area (Å²) < 4.78 is 6.43. The summed E-state index contributed by atoms with van der Waals surface area (Å²) in [6, 6.07) is 6.20. The fourth-order valence-corrected chi connectivity index (χ4v) is 1.71. The fraction of sp³-hybridized carbons (Fsp3) is 0.500. The van der Waals surface area contributed by atoms with Gasteiger partial charge in [-0.2, -0.15) is 0 Å². The Hall–Kier alpha value is -0.540. The van der Waals surface area contributed by atoms with Gasteiger partial charge in [-0.1, -0.05) is 22.0 Å². The molecule has 0 saturated carbocycles. The van der Waals surface area contributed by atoms with E-state index in [1.54, 1.807) is 0 Å². The maximum absolute atomic E-state index is 5.28. The second kappa shape index (κ2) is 6.85. The summed E-state index contributed by atoms with van der Waals surface area (Å²) in [5.74, 6) is 0. The third-order valence-electron chi connectivity index (χ3n) is 2.25. The van der Waals surface area contributed by atoms with Crippen molar-refractivity contribution in [3.8, 4) is 0 Å². The molecular weight excluding hydrogens is 254 g/mol. The van der Waals surface area contributed by atoms with E-state index in [9.17, 15) is 0 Å². The van der Waals surface area contributed by atoms with Gasteiger partial charge in [0.25, 0.3) is 0 Å². The zero-order valence-corrected chi connectivity index (χ0v) is 10.9. The van der Waals surface area contributed by atoms with Gasteiger partial charge in [0.05, 0.1) is 0 Å². The van der Waals surface area contributed by atoms with Gasteiger partial charge in [-0.15, -0.1) is 0 Å². The van der Waals surface area contributed by atoms with Crippen molar-refractivity contribution >= 4 is 21.6 Å². The van der Waals surface area contributed by atoms with Gasteiger partial charge in [-0.25, -0.2) is 0 Å². The van der Waals surface area contributed by atoms with Crippen LogP contribution in [0.25, 0.3) is 0 Å². The van der Waals surface area contributed by atoms with Gasteiger partial charge in [-0.05, 0) is 38.0 Å². The third-order valence-corrected chi connectivity index (χ3v) is 3.11. The lowest BCUT2D eigenvalue weighted by Crippen LogP contribution is -2.06. The number of anilines is 1. The predicted octanol–water partition coefficient (Wildman–Crippen LogP) is 3.60. The lowest BCUT2D eigenvalue weighted by molar-refractivity contribution is 0.147. The Labute approximate surface area is 100 Å². The van der Waals surface area contributed by atoms with Crippen molar-refractivity contribution < 1.29 is 4.74 Å². The average molecular weight is 272 g/mol. The molecule has 1 rings (SSSR count). The molecule has 84 valence electrons. The van der Waals surface area contributed by atoms with Crippen LogP contribution in [-0.4, -0.2) is 19.8 Å². The highest BCUT2D eigenvalue weighted by atomic mass is 79.9. The van der Waals surface area contributed by atoms with Crippen molar-refractivity contribution in [1.29, 1.82) is 0 Å². The molecule has 0 aromatic heterocycles. The van der Waals surface area contributed by atoms with E-state index >= 15 is 0 Å². The summed E-state index contributed by atoms with van der Waals surface area (Å²) in [6.07, 6.45) is 1.04. The molecule has 0 aliphatic carbocycles. The zero-order chi connectivity index (χ0) is 11.1. The van der Waals surface area contributed by atoms with Crippen LogP contribution in [0.2, 0.25) is 0 Å². The quantitative estimate of drug-likeness (QED) is 0.799. The van der Waals surface area contributed by atoms with Gasteiger partial charge < -0.3 is 10.1 Å². The minimum Gasteiger partial charge on any atom is -0.385 e. The average Bonchev–Trinajstić information content (AvgIpc) is 2.24. The molecule has 0 amide bonds. The van der Waals surface area contributed by atoms with Crippen LogP contribution in [0.5, 0.6) is 0 Å². The highest BCUT2D eigenvalue weighted by Crippen LogP contribution is 2.23. The summed E-state index contributed by atoms with van der Waals surface area (Å²) in [5, 5.41) is 3.40. The molecule has 0 unspecified atom stereocenters. The first-order valence-corrected chi connectivity index (χ1v) is 6.11. The van der Waals surface area contributed by atoms with Crippen molar-refractivity contribution in [1.82, 2.24) is 0 Å².